The largest absolute Gasteiger partial charge is 2.00 e. The molecule has 1 aliphatic rings. The number of aliphatic carboxylic acids is 1. The van der Waals surface area contributed by atoms with Crippen molar-refractivity contribution in [3.8, 4) is 5.75 Å². The molecule has 1 saturated carbocycles. The van der Waals surface area contributed by atoms with Crippen molar-refractivity contribution in [2.45, 2.75) is 44.3 Å². The molecule has 0 saturated heterocycles. The van der Waals surface area contributed by atoms with Gasteiger partial charge in [-0.2, -0.15) is 0 Å². The third-order valence-corrected chi connectivity index (χ3v) is 3.67. The molecule has 1 fully saturated rings. The zero-order valence-electron chi connectivity index (χ0n) is 12.2. The standard InChI is InChI=1S/C13H20N2O.C2H3ClO2.Pt/c14-11-6-2-3-7-12(11)15-9-10-5-1-4-8-13(10)16;3-1-2(4)5;/h1,4-5,8,11-12,15-16H,2-3,6-7,9,14H2;1H2,(H,4,5);/q;;+2/p-2/t11-,12-;;/m1../s1. The Balaban J connectivity index is 0.000000644. The quantitative estimate of drug-likeness (QED) is 0.563. The predicted octanol–water partition coefficient (Wildman–Crippen LogP) is 0.0923. The molecule has 1 aliphatic carbocycles. The number of benzene rings is 1. The van der Waals surface area contributed by atoms with Crippen LogP contribution >= 0.6 is 11.6 Å². The van der Waals surface area contributed by atoms with Gasteiger partial charge in [-0.05, 0) is 18.4 Å². The molecule has 22 heavy (non-hydrogen) atoms. The first-order chi connectivity index (χ1) is 10.0. The van der Waals surface area contributed by atoms with Gasteiger partial charge in [0.1, 0.15) is 0 Å². The molecule has 0 aromatic heterocycles. The smallest absolute Gasteiger partial charge is 0.872 e. The van der Waals surface area contributed by atoms with Gasteiger partial charge in [-0.15, -0.1) is 17.4 Å². The molecule has 0 radical (unpaired) electrons. The van der Waals surface area contributed by atoms with Gasteiger partial charge < -0.3 is 26.1 Å². The van der Waals surface area contributed by atoms with Crippen molar-refractivity contribution in [1.29, 1.82) is 0 Å². The number of carbonyl (C=O) groups excluding carboxylic acids is 1. The van der Waals surface area contributed by atoms with Crippen LogP contribution in [0.25, 0.3) is 0 Å². The number of rotatable bonds is 4. The molecule has 0 unspecified atom stereocenters. The Morgan fingerprint density at radius 3 is 2.45 bits per heavy atom. The predicted molar refractivity (Wildman–Crippen MR) is 78.7 cm³/mol. The van der Waals surface area contributed by atoms with E-state index >= 15 is 0 Å². The van der Waals surface area contributed by atoms with Crippen LogP contribution in [0.2, 0.25) is 0 Å². The summed E-state index contributed by atoms with van der Waals surface area (Å²) in [6, 6.07) is 7.78. The van der Waals surface area contributed by atoms with Gasteiger partial charge in [-0.25, -0.2) is 0 Å². The van der Waals surface area contributed by atoms with Gasteiger partial charge in [0.05, 0.1) is 11.8 Å². The number of carboxylic acids is 1. The van der Waals surface area contributed by atoms with Crippen molar-refractivity contribution in [3.63, 3.8) is 0 Å². The minimum absolute atomic E-state index is 0. The summed E-state index contributed by atoms with van der Waals surface area (Å²) >= 11 is 4.67. The molecular weight excluding hydrogens is 487 g/mol. The first-order valence-corrected chi connectivity index (χ1v) is 7.57. The molecule has 3 N–H and O–H groups in total. The number of nitrogens with two attached hydrogens (primary N) is 1. The average Bonchev–Trinajstić information content (AvgIpc) is 2.48. The minimum atomic E-state index is -1.23. The maximum Gasteiger partial charge on any atom is 2.00 e. The summed E-state index contributed by atoms with van der Waals surface area (Å²) in [4.78, 5) is 9.12. The van der Waals surface area contributed by atoms with E-state index in [9.17, 15) is 5.11 Å². The maximum absolute atomic E-state index is 11.5. The Bertz CT molecular complexity index is 449. The van der Waals surface area contributed by atoms with Crippen LogP contribution in [0.1, 0.15) is 31.2 Å². The summed E-state index contributed by atoms with van der Waals surface area (Å²) in [6.07, 6.45) is 4.70. The van der Waals surface area contributed by atoms with Crippen LogP contribution in [0, 0.1) is 0 Å². The van der Waals surface area contributed by atoms with Crippen LogP contribution in [-0.2, 0) is 32.4 Å². The topological polar surface area (TPSA) is 101 Å². The van der Waals surface area contributed by atoms with Crippen molar-refractivity contribution in [1.82, 2.24) is 5.32 Å². The van der Waals surface area contributed by atoms with E-state index in [2.05, 4.69) is 16.9 Å². The van der Waals surface area contributed by atoms with Gasteiger partial charge in [0.2, 0.25) is 0 Å². The first-order valence-electron chi connectivity index (χ1n) is 7.04. The van der Waals surface area contributed by atoms with E-state index in [1.54, 1.807) is 12.1 Å². The van der Waals surface area contributed by atoms with Gasteiger partial charge in [0.15, 0.2) is 0 Å². The monoisotopic (exact) mass is 507 g/mol. The third-order valence-electron chi connectivity index (χ3n) is 3.46. The summed E-state index contributed by atoms with van der Waals surface area (Å²) in [5.41, 5.74) is 6.87. The van der Waals surface area contributed by atoms with Gasteiger partial charge in [0.25, 0.3) is 0 Å². The first kappa shape index (κ1) is 21.4. The van der Waals surface area contributed by atoms with Crippen LogP contribution in [0.15, 0.2) is 24.3 Å². The number of alkyl halides is 1. The summed E-state index contributed by atoms with van der Waals surface area (Å²) in [5, 5.41) is 24.0. The Labute approximate surface area is 150 Å². The zero-order chi connectivity index (χ0) is 15.7. The molecule has 126 valence electrons. The second kappa shape index (κ2) is 11.9. The molecule has 5 nitrogen and oxygen atoms in total. The molecule has 2 atom stereocenters. The van der Waals surface area contributed by atoms with Gasteiger partial charge in [-0.1, -0.05) is 37.1 Å². The Hall–Kier alpha value is -0.612. The number of carbonyl (C=O) groups is 1. The van der Waals surface area contributed by atoms with E-state index < -0.39 is 11.8 Å². The van der Waals surface area contributed by atoms with Gasteiger partial charge >= 0.3 is 21.1 Å². The SMILES string of the molecule is N[C@@H]1CCCC[C@H]1NCc1ccccc1[O-].O=C([O-])CCl.[Pt+2]. The summed E-state index contributed by atoms with van der Waals surface area (Å²) in [5.74, 6) is -1.54. The summed E-state index contributed by atoms with van der Waals surface area (Å²) in [7, 11) is 0. The number of nitrogens with one attached hydrogen (secondary N) is 1. The molecule has 1 aromatic carbocycles. The Morgan fingerprint density at radius 1 is 1.32 bits per heavy atom. The van der Waals surface area contributed by atoms with E-state index in [1.165, 1.54) is 12.8 Å². The van der Waals surface area contributed by atoms with Crippen molar-refractivity contribution in [2.24, 2.45) is 5.73 Å². The van der Waals surface area contributed by atoms with Gasteiger partial charge in [0, 0.05) is 18.6 Å². The molecule has 0 heterocycles. The van der Waals surface area contributed by atoms with Crippen molar-refractivity contribution < 1.29 is 36.1 Å². The van der Waals surface area contributed by atoms with Crippen LogP contribution < -0.4 is 21.3 Å². The fraction of sp³-hybridized carbons (Fsp3) is 0.533. The molecule has 0 bridgehead atoms. The molecule has 7 heteroatoms. The number of carboxylic acid groups (broad SMARTS) is 1. The van der Waals surface area contributed by atoms with Crippen LogP contribution in [0.5, 0.6) is 5.75 Å². The summed E-state index contributed by atoms with van der Waals surface area (Å²) < 4.78 is 0. The van der Waals surface area contributed by atoms with E-state index in [0.717, 1.165) is 18.4 Å². The Morgan fingerprint density at radius 2 is 1.91 bits per heavy atom. The zero-order valence-corrected chi connectivity index (χ0v) is 15.2. The van der Waals surface area contributed by atoms with Crippen molar-refractivity contribution in [2.75, 3.05) is 5.88 Å². The van der Waals surface area contributed by atoms with E-state index in [-0.39, 0.29) is 32.9 Å². The van der Waals surface area contributed by atoms with Crippen molar-refractivity contribution in [3.05, 3.63) is 29.8 Å². The number of hydrogen-bond acceptors (Lipinski definition) is 5. The minimum Gasteiger partial charge on any atom is -0.872 e. The Kier molecular flexibility index (Phi) is 11.6. The molecule has 0 amide bonds. The maximum atomic E-state index is 11.5. The second-order valence-corrected chi connectivity index (χ2v) is 5.32. The number of hydrogen-bond donors (Lipinski definition) is 2. The van der Waals surface area contributed by atoms with Crippen molar-refractivity contribution >= 4 is 17.6 Å². The molecule has 0 spiro atoms. The molecule has 0 aliphatic heterocycles. The normalized spacial score (nSPS) is 20.3. The van der Waals surface area contributed by atoms with E-state index in [1.807, 2.05) is 12.1 Å². The van der Waals surface area contributed by atoms with Crippen LogP contribution in [0.4, 0.5) is 0 Å². The number of halogens is 1. The second-order valence-electron chi connectivity index (χ2n) is 5.05. The van der Waals surface area contributed by atoms with E-state index in [4.69, 9.17) is 15.6 Å². The fourth-order valence-corrected chi connectivity index (χ4v) is 2.30. The molecular formula is C15H21ClN2O3Pt. The van der Waals surface area contributed by atoms with Crippen LogP contribution in [0.3, 0.4) is 0 Å². The number of para-hydroxylation sites is 1. The average molecular weight is 508 g/mol. The fourth-order valence-electron chi connectivity index (χ4n) is 2.30. The summed E-state index contributed by atoms with van der Waals surface area (Å²) in [6.45, 7) is 0.637. The van der Waals surface area contributed by atoms with Gasteiger partial charge in [-0.3, -0.25) is 0 Å². The molecule has 1 aromatic rings. The third kappa shape index (κ3) is 8.13. The van der Waals surface area contributed by atoms with E-state index in [0.29, 0.717) is 12.6 Å². The van der Waals surface area contributed by atoms with Crippen LogP contribution in [-0.4, -0.2) is 23.9 Å². The molecule has 2 rings (SSSR count).